The third kappa shape index (κ3) is 3.47. The molecule has 0 radical (unpaired) electrons. The predicted octanol–water partition coefficient (Wildman–Crippen LogP) is 3.58. The molecule has 1 heterocycles. The van der Waals surface area contributed by atoms with E-state index in [1.807, 2.05) is 0 Å². The average molecular weight is 233 g/mol. The lowest BCUT2D eigenvalue weighted by Gasteiger charge is -2.25. The van der Waals surface area contributed by atoms with Gasteiger partial charge in [0.2, 0.25) is 0 Å². The van der Waals surface area contributed by atoms with Crippen LogP contribution >= 0.6 is 0 Å². The van der Waals surface area contributed by atoms with Crippen LogP contribution in [0.3, 0.4) is 0 Å². The summed E-state index contributed by atoms with van der Waals surface area (Å²) in [5.41, 5.74) is 2.81. The lowest BCUT2D eigenvalue weighted by molar-refractivity contribution is 0.0876. The molecule has 0 aliphatic carbocycles. The van der Waals surface area contributed by atoms with E-state index in [0.717, 1.165) is 19.6 Å². The van der Waals surface area contributed by atoms with Gasteiger partial charge in [-0.25, -0.2) is 0 Å². The van der Waals surface area contributed by atoms with Crippen molar-refractivity contribution in [3.8, 4) is 0 Å². The Balaban J connectivity index is 1.98. The molecule has 2 nitrogen and oxygen atoms in total. The van der Waals surface area contributed by atoms with Gasteiger partial charge in [-0.15, -0.1) is 0 Å². The van der Waals surface area contributed by atoms with E-state index in [2.05, 4.69) is 50.4 Å². The van der Waals surface area contributed by atoms with Gasteiger partial charge in [-0.3, -0.25) is 0 Å². The summed E-state index contributed by atoms with van der Waals surface area (Å²) < 4.78 is 5.47. The summed E-state index contributed by atoms with van der Waals surface area (Å²) in [6.07, 6.45) is 2.37. The van der Waals surface area contributed by atoms with Crippen LogP contribution in [0.1, 0.15) is 39.2 Å². The number of hydrogen-bond donors (Lipinski definition) is 1. The average Bonchev–Trinajstić information content (AvgIpc) is 2.30. The summed E-state index contributed by atoms with van der Waals surface area (Å²) in [5.74, 6) is 0. The zero-order chi connectivity index (χ0) is 12.3. The van der Waals surface area contributed by atoms with Crippen LogP contribution in [0.5, 0.6) is 0 Å². The molecule has 1 aliphatic rings. The quantitative estimate of drug-likeness (QED) is 0.843. The van der Waals surface area contributed by atoms with Gasteiger partial charge in [0.25, 0.3) is 0 Å². The van der Waals surface area contributed by atoms with Crippen molar-refractivity contribution in [2.45, 2.75) is 45.1 Å². The molecule has 1 unspecified atom stereocenters. The summed E-state index contributed by atoms with van der Waals surface area (Å²) in [7, 11) is 0. The molecule has 1 aliphatic heterocycles. The van der Waals surface area contributed by atoms with Crippen LogP contribution in [0.2, 0.25) is 0 Å². The molecule has 2 heteroatoms. The van der Waals surface area contributed by atoms with E-state index < -0.39 is 0 Å². The summed E-state index contributed by atoms with van der Waals surface area (Å²) in [5, 5.41) is 3.53. The first-order valence-electron chi connectivity index (χ1n) is 6.50. The van der Waals surface area contributed by atoms with Gasteiger partial charge in [0, 0.05) is 18.3 Å². The van der Waals surface area contributed by atoms with Crippen molar-refractivity contribution >= 4 is 5.69 Å². The highest BCUT2D eigenvalue weighted by Crippen LogP contribution is 2.24. The van der Waals surface area contributed by atoms with E-state index in [1.54, 1.807) is 0 Å². The van der Waals surface area contributed by atoms with Crippen LogP contribution < -0.4 is 5.32 Å². The molecule has 17 heavy (non-hydrogen) atoms. The Morgan fingerprint density at radius 3 is 2.41 bits per heavy atom. The number of anilines is 1. The van der Waals surface area contributed by atoms with E-state index in [1.165, 1.54) is 17.7 Å². The molecule has 0 spiro atoms. The fourth-order valence-electron chi connectivity index (χ4n) is 2.16. The van der Waals surface area contributed by atoms with E-state index in [9.17, 15) is 0 Å². The minimum absolute atomic E-state index is 0.229. The zero-order valence-electron chi connectivity index (χ0n) is 11.1. The van der Waals surface area contributed by atoms with Crippen molar-refractivity contribution in [2.24, 2.45) is 0 Å². The first-order chi connectivity index (χ1) is 8.05. The molecule has 2 rings (SSSR count). The third-order valence-electron chi connectivity index (χ3n) is 3.28. The van der Waals surface area contributed by atoms with Gasteiger partial charge in [0.1, 0.15) is 0 Å². The molecule has 0 amide bonds. The number of benzene rings is 1. The zero-order valence-corrected chi connectivity index (χ0v) is 11.1. The summed E-state index contributed by atoms with van der Waals surface area (Å²) in [4.78, 5) is 0. The fraction of sp³-hybridized carbons (Fsp3) is 0.600. The van der Waals surface area contributed by atoms with Gasteiger partial charge in [-0.05, 0) is 36.0 Å². The van der Waals surface area contributed by atoms with Crippen LogP contribution in [0.15, 0.2) is 24.3 Å². The van der Waals surface area contributed by atoms with E-state index >= 15 is 0 Å². The first-order valence-corrected chi connectivity index (χ1v) is 6.50. The molecule has 0 saturated carbocycles. The monoisotopic (exact) mass is 233 g/mol. The second-order valence-corrected chi connectivity index (χ2v) is 5.89. The molecule has 94 valence electrons. The highest BCUT2D eigenvalue weighted by molar-refractivity contribution is 5.46. The third-order valence-corrected chi connectivity index (χ3v) is 3.28. The molecular weight excluding hydrogens is 210 g/mol. The van der Waals surface area contributed by atoms with Crippen LogP contribution in [-0.2, 0) is 10.2 Å². The lowest BCUT2D eigenvalue weighted by atomic mass is 9.87. The minimum atomic E-state index is 0.229. The number of ether oxygens (including phenoxy) is 1. The second-order valence-electron chi connectivity index (χ2n) is 5.89. The van der Waals surface area contributed by atoms with Crippen molar-refractivity contribution in [3.63, 3.8) is 0 Å². The Labute approximate surface area is 104 Å². The Bertz CT molecular complexity index is 344. The van der Waals surface area contributed by atoms with Crippen molar-refractivity contribution in [1.29, 1.82) is 0 Å². The van der Waals surface area contributed by atoms with E-state index in [-0.39, 0.29) is 5.41 Å². The van der Waals surface area contributed by atoms with Gasteiger partial charge >= 0.3 is 0 Å². The predicted molar refractivity (Wildman–Crippen MR) is 72.6 cm³/mol. The molecule has 1 aromatic carbocycles. The van der Waals surface area contributed by atoms with E-state index in [4.69, 9.17) is 4.74 Å². The maximum absolute atomic E-state index is 5.47. The number of rotatable bonds is 2. The molecule has 1 saturated heterocycles. The first kappa shape index (κ1) is 12.4. The van der Waals surface area contributed by atoms with Crippen LogP contribution in [0.4, 0.5) is 5.69 Å². The largest absolute Gasteiger partial charge is 0.380 e. The van der Waals surface area contributed by atoms with Crippen LogP contribution in [0.25, 0.3) is 0 Å². The summed E-state index contributed by atoms with van der Waals surface area (Å²) in [6, 6.07) is 9.26. The Morgan fingerprint density at radius 1 is 1.18 bits per heavy atom. The maximum atomic E-state index is 5.47. The molecule has 1 fully saturated rings. The maximum Gasteiger partial charge on any atom is 0.0667 e. The Morgan fingerprint density at radius 2 is 1.88 bits per heavy atom. The standard InChI is InChI=1S/C15H23NO/c1-15(2,3)12-6-8-13(9-7-12)16-14-5-4-10-17-11-14/h6-9,14,16H,4-5,10-11H2,1-3H3. The summed E-state index contributed by atoms with van der Waals surface area (Å²) in [6.45, 7) is 8.47. The van der Waals surface area contributed by atoms with Crippen molar-refractivity contribution in [2.75, 3.05) is 18.5 Å². The van der Waals surface area contributed by atoms with E-state index in [0.29, 0.717) is 6.04 Å². The van der Waals surface area contributed by atoms with Gasteiger partial charge in [0.05, 0.1) is 6.61 Å². The summed E-state index contributed by atoms with van der Waals surface area (Å²) >= 11 is 0. The highest BCUT2D eigenvalue weighted by atomic mass is 16.5. The normalized spacial score (nSPS) is 21.2. The molecular formula is C15H23NO. The van der Waals surface area contributed by atoms with Crippen molar-refractivity contribution in [3.05, 3.63) is 29.8 Å². The van der Waals surface area contributed by atoms with Crippen LogP contribution in [-0.4, -0.2) is 19.3 Å². The van der Waals surface area contributed by atoms with Gasteiger partial charge < -0.3 is 10.1 Å². The fourth-order valence-corrected chi connectivity index (χ4v) is 2.16. The van der Waals surface area contributed by atoms with Crippen molar-refractivity contribution in [1.82, 2.24) is 0 Å². The Kier molecular flexibility index (Phi) is 3.72. The molecule has 1 N–H and O–H groups in total. The van der Waals surface area contributed by atoms with Crippen LogP contribution in [0, 0.1) is 0 Å². The molecule has 1 atom stereocenters. The van der Waals surface area contributed by atoms with Gasteiger partial charge in [-0.1, -0.05) is 32.9 Å². The topological polar surface area (TPSA) is 21.3 Å². The van der Waals surface area contributed by atoms with Gasteiger partial charge in [0.15, 0.2) is 0 Å². The number of nitrogens with one attached hydrogen (secondary N) is 1. The van der Waals surface area contributed by atoms with Crippen molar-refractivity contribution < 1.29 is 4.74 Å². The van der Waals surface area contributed by atoms with Gasteiger partial charge in [-0.2, -0.15) is 0 Å². The second kappa shape index (κ2) is 5.09. The highest BCUT2D eigenvalue weighted by Gasteiger charge is 2.15. The SMILES string of the molecule is CC(C)(C)c1ccc(NC2CCCOC2)cc1. The lowest BCUT2D eigenvalue weighted by Crippen LogP contribution is -2.29. The molecule has 0 aromatic heterocycles. The molecule has 0 bridgehead atoms. The Hall–Kier alpha value is -1.02. The molecule has 1 aromatic rings. The smallest absolute Gasteiger partial charge is 0.0667 e. The number of hydrogen-bond acceptors (Lipinski definition) is 2. The minimum Gasteiger partial charge on any atom is -0.380 e.